The molecule has 2 aliphatic heterocycles. The third-order valence-corrected chi connectivity index (χ3v) is 6.29. The summed E-state index contributed by atoms with van der Waals surface area (Å²) in [6.07, 6.45) is 4.17. The fraction of sp³-hybridized carbons (Fsp3) is 0.440. The van der Waals surface area contributed by atoms with E-state index in [0.29, 0.717) is 6.54 Å². The third-order valence-electron chi connectivity index (χ3n) is 6.29. The fourth-order valence-electron chi connectivity index (χ4n) is 4.69. The van der Waals surface area contributed by atoms with Crippen LogP contribution < -0.4 is 5.32 Å². The Morgan fingerprint density at radius 2 is 1.77 bits per heavy atom. The SMILES string of the molecule is Cc1ccc(NC(=O)CN2CCc3ccccc3[C@@H]2C(=O)N2CCCCC2)c(C)c1. The van der Waals surface area contributed by atoms with Crippen LogP contribution in [0, 0.1) is 13.8 Å². The highest BCUT2D eigenvalue weighted by Gasteiger charge is 2.36. The summed E-state index contributed by atoms with van der Waals surface area (Å²) >= 11 is 0. The lowest BCUT2D eigenvalue weighted by atomic mass is 9.91. The minimum absolute atomic E-state index is 0.0715. The highest BCUT2D eigenvalue weighted by Crippen LogP contribution is 2.32. The van der Waals surface area contributed by atoms with Crippen molar-refractivity contribution in [2.45, 2.75) is 45.6 Å². The quantitative estimate of drug-likeness (QED) is 0.841. The van der Waals surface area contributed by atoms with Gasteiger partial charge in [-0.1, -0.05) is 42.0 Å². The molecule has 2 heterocycles. The maximum absolute atomic E-state index is 13.5. The first-order chi connectivity index (χ1) is 14.5. The molecule has 2 aliphatic rings. The molecule has 0 bridgehead atoms. The van der Waals surface area contributed by atoms with E-state index in [1.807, 2.05) is 43.0 Å². The van der Waals surface area contributed by atoms with Crippen molar-refractivity contribution in [2.75, 3.05) is 31.5 Å². The van der Waals surface area contributed by atoms with Gasteiger partial charge in [0.05, 0.1) is 6.54 Å². The lowest BCUT2D eigenvalue weighted by Gasteiger charge is -2.39. The largest absolute Gasteiger partial charge is 0.341 e. The normalized spacial score (nSPS) is 19.3. The summed E-state index contributed by atoms with van der Waals surface area (Å²) in [5, 5.41) is 3.04. The van der Waals surface area contributed by atoms with E-state index in [2.05, 4.69) is 28.4 Å². The molecule has 0 unspecified atom stereocenters. The Balaban J connectivity index is 1.54. The van der Waals surface area contributed by atoms with Crippen molar-refractivity contribution < 1.29 is 9.59 Å². The molecule has 0 spiro atoms. The zero-order chi connectivity index (χ0) is 21.1. The molecule has 2 amide bonds. The van der Waals surface area contributed by atoms with Gasteiger partial charge < -0.3 is 10.2 Å². The lowest BCUT2D eigenvalue weighted by Crippen LogP contribution is -2.49. The number of rotatable bonds is 4. The van der Waals surface area contributed by atoms with Gasteiger partial charge >= 0.3 is 0 Å². The number of hydrogen-bond donors (Lipinski definition) is 1. The van der Waals surface area contributed by atoms with Crippen LogP contribution in [-0.2, 0) is 16.0 Å². The summed E-state index contributed by atoms with van der Waals surface area (Å²) in [5.41, 5.74) is 5.33. The fourth-order valence-corrected chi connectivity index (χ4v) is 4.69. The van der Waals surface area contributed by atoms with Crippen LogP contribution in [0.1, 0.15) is 47.6 Å². The van der Waals surface area contributed by atoms with Crippen molar-refractivity contribution in [3.8, 4) is 0 Å². The third kappa shape index (κ3) is 4.41. The van der Waals surface area contributed by atoms with Gasteiger partial charge in [-0.15, -0.1) is 0 Å². The Labute approximate surface area is 179 Å². The van der Waals surface area contributed by atoms with Crippen LogP contribution in [0.2, 0.25) is 0 Å². The number of piperidine rings is 1. The molecule has 1 atom stereocenters. The van der Waals surface area contributed by atoms with Gasteiger partial charge in [-0.3, -0.25) is 14.5 Å². The number of hydrogen-bond acceptors (Lipinski definition) is 3. The molecule has 0 aromatic heterocycles. The monoisotopic (exact) mass is 405 g/mol. The van der Waals surface area contributed by atoms with Gasteiger partial charge in [-0.25, -0.2) is 0 Å². The van der Waals surface area contributed by atoms with E-state index < -0.39 is 0 Å². The first kappa shape index (κ1) is 20.6. The van der Waals surface area contributed by atoms with Crippen molar-refractivity contribution in [2.24, 2.45) is 0 Å². The predicted molar refractivity (Wildman–Crippen MR) is 119 cm³/mol. The number of carbonyl (C=O) groups is 2. The molecule has 5 heteroatoms. The molecule has 5 nitrogen and oxygen atoms in total. The van der Waals surface area contributed by atoms with E-state index in [4.69, 9.17) is 0 Å². The molecule has 0 radical (unpaired) electrons. The number of aryl methyl sites for hydroxylation is 2. The summed E-state index contributed by atoms with van der Waals surface area (Å²) in [5.74, 6) is 0.0685. The molecule has 4 rings (SSSR count). The summed E-state index contributed by atoms with van der Waals surface area (Å²) in [6, 6.07) is 13.8. The van der Waals surface area contributed by atoms with Crippen LogP contribution in [0.15, 0.2) is 42.5 Å². The van der Waals surface area contributed by atoms with Crippen molar-refractivity contribution in [1.82, 2.24) is 9.80 Å². The second-order valence-electron chi connectivity index (χ2n) is 8.57. The summed E-state index contributed by atoms with van der Waals surface area (Å²) in [6.45, 7) is 6.61. The molecule has 0 saturated carbocycles. The predicted octanol–water partition coefficient (Wildman–Crippen LogP) is 3.85. The molecule has 0 aliphatic carbocycles. The molecular formula is C25H31N3O2. The van der Waals surface area contributed by atoms with Crippen LogP contribution in [0.4, 0.5) is 5.69 Å². The van der Waals surface area contributed by atoms with E-state index in [1.54, 1.807) is 0 Å². The highest BCUT2D eigenvalue weighted by atomic mass is 16.2. The number of likely N-dealkylation sites (tertiary alicyclic amines) is 1. The second kappa shape index (κ2) is 9.00. The average molecular weight is 406 g/mol. The zero-order valence-corrected chi connectivity index (χ0v) is 18.0. The number of nitrogens with zero attached hydrogens (tertiary/aromatic N) is 2. The summed E-state index contributed by atoms with van der Waals surface area (Å²) in [7, 11) is 0. The van der Waals surface area contributed by atoms with Crippen LogP contribution >= 0.6 is 0 Å². The van der Waals surface area contributed by atoms with Gasteiger partial charge in [-0.05, 0) is 62.3 Å². The highest BCUT2D eigenvalue weighted by molar-refractivity contribution is 5.94. The van der Waals surface area contributed by atoms with Crippen LogP contribution in [0.3, 0.4) is 0 Å². The van der Waals surface area contributed by atoms with Crippen molar-refractivity contribution >= 4 is 17.5 Å². The van der Waals surface area contributed by atoms with Gasteiger partial charge in [0, 0.05) is 25.3 Å². The maximum atomic E-state index is 13.5. The average Bonchev–Trinajstić information content (AvgIpc) is 2.76. The first-order valence-electron chi connectivity index (χ1n) is 11.0. The Morgan fingerprint density at radius 3 is 2.53 bits per heavy atom. The van der Waals surface area contributed by atoms with Crippen LogP contribution in [-0.4, -0.2) is 47.8 Å². The van der Waals surface area contributed by atoms with Crippen molar-refractivity contribution in [1.29, 1.82) is 0 Å². The molecule has 158 valence electrons. The smallest absolute Gasteiger partial charge is 0.244 e. The minimum Gasteiger partial charge on any atom is -0.341 e. The number of fused-ring (bicyclic) bond motifs is 1. The molecular weight excluding hydrogens is 374 g/mol. The Bertz CT molecular complexity index is 934. The van der Waals surface area contributed by atoms with Gasteiger partial charge in [-0.2, -0.15) is 0 Å². The van der Waals surface area contributed by atoms with Crippen LogP contribution in [0.5, 0.6) is 0 Å². The Hall–Kier alpha value is -2.66. The second-order valence-corrected chi connectivity index (χ2v) is 8.57. The topological polar surface area (TPSA) is 52.7 Å². The van der Waals surface area contributed by atoms with E-state index in [-0.39, 0.29) is 24.4 Å². The zero-order valence-electron chi connectivity index (χ0n) is 18.0. The molecule has 2 aromatic carbocycles. The standard InChI is InChI=1S/C25H31N3O2/c1-18-10-11-22(19(2)16-18)26-23(29)17-28-15-12-20-8-4-5-9-21(20)24(28)25(30)27-13-6-3-7-14-27/h4-5,8-11,16,24H,3,6-7,12-15,17H2,1-2H3,(H,26,29)/t24-/m1/s1. The number of anilines is 1. The summed E-state index contributed by atoms with van der Waals surface area (Å²) in [4.78, 5) is 30.5. The molecule has 1 N–H and O–H groups in total. The first-order valence-corrected chi connectivity index (χ1v) is 11.0. The van der Waals surface area contributed by atoms with E-state index in [1.165, 1.54) is 17.5 Å². The lowest BCUT2D eigenvalue weighted by molar-refractivity contribution is -0.139. The molecule has 2 aromatic rings. The minimum atomic E-state index is -0.377. The molecule has 1 fully saturated rings. The van der Waals surface area contributed by atoms with Crippen molar-refractivity contribution in [3.05, 3.63) is 64.7 Å². The number of benzene rings is 2. The van der Waals surface area contributed by atoms with Gasteiger partial charge in [0.25, 0.3) is 0 Å². The molecule has 30 heavy (non-hydrogen) atoms. The Morgan fingerprint density at radius 1 is 1.00 bits per heavy atom. The van der Waals surface area contributed by atoms with Crippen molar-refractivity contribution in [3.63, 3.8) is 0 Å². The van der Waals surface area contributed by atoms with E-state index >= 15 is 0 Å². The van der Waals surface area contributed by atoms with Gasteiger partial charge in [0.15, 0.2) is 0 Å². The molecule has 1 saturated heterocycles. The number of nitrogens with one attached hydrogen (secondary N) is 1. The van der Waals surface area contributed by atoms with Crippen LogP contribution in [0.25, 0.3) is 0 Å². The summed E-state index contributed by atoms with van der Waals surface area (Å²) < 4.78 is 0. The van der Waals surface area contributed by atoms with E-state index in [9.17, 15) is 9.59 Å². The van der Waals surface area contributed by atoms with Gasteiger partial charge in [0.1, 0.15) is 6.04 Å². The van der Waals surface area contributed by atoms with Gasteiger partial charge in [0.2, 0.25) is 11.8 Å². The Kier molecular flexibility index (Phi) is 6.18. The van der Waals surface area contributed by atoms with E-state index in [0.717, 1.165) is 49.2 Å². The number of amides is 2. The maximum Gasteiger partial charge on any atom is 0.244 e. The number of carbonyl (C=O) groups excluding carboxylic acids is 2.